The van der Waals surface area contributed by atoms with Crippen molar-refractivity contribution in [3.8, 4) is 0 Å². The summed E-state index contributed by atoms with van der Waals surface area (Å²) in [6.07, 6.45) is 9.37. The van der Waals surface area contributed by atoms with E-state index >= 15 is 0 Å². The van der Waals surface area contributed by atoms with Gasteiger partial charge in [0, 0.05) is 26.2 Å². The van der Waals surface area contributed by atoms with E-state index in [4.69, 9.17) is 0 Å². The Morgan fingerprint density at radius 1 is 1.22 bits per heavy atom. The van der Waals surface area contributed by atoms with E-state index in [0.29, 0.717) is 12.6 Å². The van der Waals surface area contributed by atoms with Gasteiger partial charge in [0.25, 0.3) is 0 Å². The largest absolute Gasteiger partial charge is 0.389 e. The van der Waals surface area contributed by atoms with E-state index < -0.39 is 5.60 Å². The van der Waals surface area contributed by atoms with Crippen molar-refractivity contribution in [2.45, 2.75) is 70.4 Å². The number of likely N-dealkylation sites (tertiary alicyclic amines) is 1. The molecule has 2 amide bonds. The lowest BCUT2D eigenvalue weighted by Gasteiger charge is -2.31. The molecule has 0 radical (unpaired) electrons. The molecule has 0 aromatic rings. The smallest absolute Gasteiger partial charge is 0.317 e. The molecule has 1 heterocycles. The lowest BCUT2D eigenvalue weighted by molar-refractivity contribution is 0.0529. The Bertz CT molecular complexity index is 375. The van der Waals surface area contributed by atoms with Gasteiger partial charge in [-0.25, -0.2) is 4.79 Å². The van der Waals surface area contributed by atoms with Gasteiger partial charge < -0.3 is 15.3 Å². The molecule has 2 N–H and O–H groups in total. The first-order valence-corrected chi connectivity index (χ1v) is 9.30. The van der Waals surface area contributed by atoms with E-state index in [9.17, 15) is 9.90 Å². The fourth-order valence-electron chi connectivity index (χ4n) is 4.06. The van der Waals surface area contributed by atoms with Crippen LogP contribution >= 0.6 is 0 Å². The highest BCUT2D eigenvalue weighted by Gasteiger charge is 2.28. The van der Waals surface area contributed by atoms with Crippen LogP contribution in [0.15, 0.2) is 0 Å². The zero-order valence-corrected chi connectivity index (χ0v) is 15.2. The predicted octanol–water partition coefficient (Wildman–Crippen LogP) is 2.44. The average molecular weight is 325 g/mol. The second kappa shape index (κ2) is 8.34. The Morgan fingerprint density at radius 3 is 2.57 bits per heavy atom. The molecule has 1 saturated carbocycles. The Kier molecular flexibility index (Phi) is 6.72. The van der Waals surface area contributed by atoms with Gasteiger partial charge in [0.05, 0.1) is 12.1 Å². The fraction of sp³-hybridized carbons (Fsp3) is 0.944. The molecule has 0 spiro atoms. The van der Waals surface area contributed by atoms with Crippen molar-refractivity contribution in [2.75, 3.05) is 33.2 Å². The summed E-state index contributed by atoms with van der Waals surface area (Å²) < 4.78 is 0. The number of amides is 2. The molecule has 5 nitrogen and oxygen atoms in total. The summed E-state index contributed by atoms with van der Waals surface area (Å²) >= 11 is 0. The van der Waals surface area contributed by atoms with Crippen LogP contribution in [0.3, 0.4) is 0 Å². The standard InChI is InChI=1S/C18H35N3O2/c1-18(2,23)14-20(3)17(22)19-12-16-10-7-11-21(16)13-15-8-5-4-6-9-15/h15-16,23H,4-14H2,1-3H3,(H,19,22). The molecule has 2 rings (SSSR count). The number of hydrogen-bond donors (Lipinski definition) is 2. The van der Waals surface area contributed by atoms with Gasteiger partial charge in [-0.15, -0.1) is 0 Å². The molecular weight excluding hydrogens is 290 g/mol. The minimum absolute atomic E-state index is 0.0864. The monoisotopic (exact) mass is 325 g/mol. The summed E-state index contributed by atoms with van der Waals surface area (Å²) in [6.45, 7) is 6.90. The van der Waals surface area contributed by atoms with E-state index in [1.165, 1.54) is 58.0 Å². The third-order valence-corrected chi connectivity index (χ3v) is 5.18. The average Bonchev–Trinajstić information content (AvgIpc) is 2.91. The van der Waals surface area contributed by atoms with Crippen molar-refractivity contribution in [2.24, 2.45) is 5.92 Å². The Hall–Kier alpha value is -0.810. The third-order valence-electron chi connectivity index (χ3n) is 5.18. The summed E-state index contributed by atoms with van der Waals surface area (Å²) in [4.78, 5) is 16.3. The van der Waals surface area contributed by atoms with Gasteiger partial charge in [-0.1, -0.05) is 19.3 Å². The number of aliphatic hydroxyl groups is 1. The number of nitrogens with one attached hydrogen (secondary N) is 1. The van der Waals surface area contributed by atoms with Crippen molar-refractivity contribution in [1.82, 2.24) is 15.1 Å². The summed E-state index contributed by atoms with van der Waals surface area (Å²) in [5, 5.41) is 12.9. The SMILES string of the molecule is CN(CC(C)(C)O)C(=O)NCC1CCCN1CC1CCCCC1. The van der Waals surface area contributed by atoms with Gasteiger partial charge in [-0.3, -0.25) is 4.90 Å². The van der Waals surface area contributed by atoms with Gasteiger partial charge in [0.15, 0.2) is 0 Å². The van der Waals surface area contributed by atoms with Gasteiger partial charge in [0.1, 0.15) is 0 Å². The molecule has 2 fully saturated rings. The van der Waals surface area contributed by atoms with Crippen LogP contribution in [0.25, 0.3) is 0 Å². The van der Waals surface area contributed by atoms with E-state index in [1.54, 1.807) is 25.8 Å². The molecule has 5 heteroatoms. The lowest BCUT2D eigenvalue weighted by atomic mass is 9.89. The zero-order chi connectivity index (χ0) is 16.9. The summed E-state index contributed by atoms with van der Waals surface area (Å²) in [7, 11) is 1.74. The first-order valence-electron chi connectivity index (χ1n) is 9.30. The van der Waals surface area contributed by atoms with Crippen molar-refractivity contribution < 1.29 is 9.90 Å². The van der Waals surface area contributed by atoms with Crippen LogP contribution in [0, 0.1) is 5.92 Å². The Morgan fingerprint density at radius 2 is 1.91 bits per heavy atom. The second-order valence-electron chi connectivity index (χ2n) is 8.15. The molecule has 1 atom stereocenters. The first kappa shape index (κ1) is 18.5. The van der Waals surface area contributed by atoms with Crippen LogP contribution in [-0.4, -0.2) is 65.8 Å². The summed E-state index contributed by atoms with van der Waals surface area (Å²) in [5.41, 5.74) is -0.855. The van der Waals surface area contributed by atoms with E-state index in [-0.39, 0.29) is 6.03 Å². The molecule has 23 heavy (non-hydrogen) atoms. The highest BCUT2D eigenvalue weighted by molar-refractivity contribution is 5.73. The van der Waals surface area contributed by atoms with Crippen LogP contribution in [-0.2, 0) is 0 Å². The number of carbonyl (C=O) groups is 1. The van der Waals surface area contributed by atoms with Gasteiger partial charge in [-0.2, -0.15) is 0 Å². The molecule has 1 aliphatic carbocycles. The van der Waals surface area contributed by atoms with Crippen molar-refractivity contribution in [3.05, 3.63) is 0 Å². The molecule has 1 saturated heterocycles. The minimum atomic E-state index is -0.855. The molecule has 1 unspecified atom stereocenters. The maximum Gasteiger partial charge on any atom is 0.317 e. The van der Waals surface area contributed by atoms with E-state index in [1.807, 2.05) is 0 Å². The van der Waals surface area contributed by atoms with Gasteiger partial charge in [-0.05, 0) is 52.0 Å². The lowest BCUT2D eigenvalue weighted by Crippen LogP contribution is -2.48. The minimum Gasteiger partial charge on any atom is -0.389 e. The maximum atomic E-state index is 12.2. The van der Waals surface area contributed by atoms with Crippen LogP contribution < -0.4 is 5.32 Å². The maximum absolute atomic E-state index is 12.2. The fourth-order valence-corrected chi connectivity index (χ4v) is 4.06. The number of hydrogen-bond acceptors (Lipinski definition) is 3. The number of urea groups is 1. The molecule has 0 aromatic heterocycles. The molecule has 2 aliphatic rings. The molecule has 0 aromatic carbocycles. The van der Waals surface area contributed by atoms with Gasteiger partial charge in [0.2, 0.25) is 0 Å². The van der Waals surface area contributed by atoms with E-state index in [2.05, 4.69) is 10.2 Å². The highest BCUT2D eigenvalue weighted by atomic mass is 16.3. The molecule has 134 valence electrons. The molecule has 0 bridgehead atoms. The number of likely N-dealkylation sites (N-methyl/N-ethyl adjacent to an activating group) is 1. The summed E-state index contributed by atoms with van der Waals surface area (Å²) in [5.74, 6) is 0.859. The zero-order valence-electron chi connectivity index (χ0n) is 15.2. The van der Waals surface area contributed by atoms with Crippen molar-refractivity contribution in [3.63, 3.8) is 0 Å². The van der Waals surface area contributed by atoms with Crippen LogP contribution in [0.5, 0.6) is 0 Å². The van der Waals surface area contributed by atoms with Crippen LogP contribution in [0.4, 0.5) is 4.79 Å². The van der Waals surface area contributed by atoms with Crippen LogP contribution in [0.1, 0.15) is 58.8 Å². The Balaban J connectivity index is 1.74. The summed E-state index contributed by atoms with van der Waals surface area (Å²) in [6, 6.07) is 0.396. The predicted molar refractivity (Wildman–Crippen MR) is 93.5 cm³/mol. The third kappa shape index (κ3) is 6.30. The first-order chi connectivity index (χ1) is 10.8. The highest BCUT2D eigenvalue weighted by Crippen LogP contribution is 2.27. The second-order valence-corrected chi connectivity index (χ2v) is 8.15. The normalized spacial score (nSPS) is 23.9. The van der Waals surface area contributed by atoms with Crippen molar-refractivity contribution >= 4 is 6.03 Å². The number of rotatable bonds is 6. The number of carbonyl (C=O) groups excluding carboxylic acids is 1. The quantitative estimate of drug-likeness (QED) is 0.789. The topological polar surface area (TPSA) is 55.8 Å². The van der Waals surface area contributed by atoms with E-state index in [0.717, 1.165) is 12.5 Å². The number of nitrogens with zero attached hydrogens (tertiary/aromatic N) is 2. The van der Waals surface area contributed by atoms with Crippen LogP contribution in [0.2, 0.25) is 0 Å². The van der Waals surface area contributed by atoms with Gasteiger partial charge >= 0.3 is 6.03 Å². The molecular formula is C18H35N3O2. The Labute approximate surface area is 141 Å². The molecule has 1 aliphatic heterocycles. The van der Waals surface area contributed by atoms with Crippen molar-refractivity contribution in [1.29, 1.82) is 0 Å².